The van der Waals surface area contributed by atoms with Gasteiger partial charge in [0.05, 0.1) is 10.7 Å². The number of halogens is 2. The van der Waals surface area contributed by atoms with E-state index in [2.05, 4.69) is 47.1 Å². The molecule has 0 saturated heterocycles. The lowest BCUT2D eigenvalue weighted by Crippen LogP contribution is -2.16. The molecule has 0 spiro atoms. The molecule has 5 heteroatoms. The highest BCUT2D eigenvalue weighted by Gasteiger charge is 2.19. The Hall–Kier alpha value is -0.780. The minimum absolute atomic E-state index is 0.0276. The van der Waals surface area contributed by atoms with Gasteiger partial charge in [0.1, 0.15) is 5.82 Å². The Morgan fingerprint density at radius 1 is 1.40 bits per heavy atom. The van der Waals surface area contributed by atoms with Crippen LogP contribution in [0.25, 0.3) is 0 Å². The Morgan fingerprint density at radius 2 is 2.10 bits per heavy atom. The van der Waals surface area contributed by atoms with Crippen LogP contribution in [0.5, 0.6) is 0 Å². The van der Waals surface area contributed by atoms with Crippen LogP contribution < -0.4 is 5.73 Å². The van der Waals surface area contributed by atoms with Crippen LogP contribution in [0.15, 0.2) is 28.1 Å². The van der Waals surface area contributed by atoms with Crippen LogP contribution in [0, 0.1) is 5.82 Å². The van der Waals surface area contributed by atoms with E-state index in [0.717, 1.165) is 15.2 Å². The molecule has 1 atom stereocenters. The molecule has 0 aliphatic rings. The molecule has 2 aromatic rings. The second-order valence-electron chi connectivity index (χ2n) is 5.85. The van der Waals surface area contributed by atoms with Crippen LogP contribution in [-0.4, -0.2) is 4.98 Å². The van der Waals surface area contributed by atoms with Crippen LogP contribution in [0.2, 0.25) is 0 Å². The van der Waals surface area contributed by atoms with Crippen molar-refractivity contribution in [2.45, 2.75) is 38.6 Å². The highest BCUT2D eigenvalue weighted by Crippen LogP contribution is 2.27. The van der Waals surface area contributed by atoms with Crippen molar-refractivity contribution in [2.24, 2.45) is 5.73 Å². The molecule has 0 aliphatic carbocycles. The molecule has 0 radical (unpaired) electrons. The van der Waals surface area contributed by atoms with E-state index in [-0.39, 0.29) is 17.3 Å². The van der Waals surface area contributed by atoms with Gasteiger partial charge in [-0.3, -0.25) is 0 Å². The summed E-state index contributed by atoms with van der Waals surface area (Å²) in [5.74, 6) is -0.270. The molecule has 2 nitrogen and oxygen atoms in total. The van der Waals surface area contributed by atoms with Crippen LogP contribution in [0.1, 0.15) is 43.1 Å². The van der Waals surface area contributed by atoms with E-state index in [1.54, 1.807) is 23.5 Å². The summed E-state index contributed by atoms with van der Waals surface area (Å²) in [6, 6.07) is 4.46. The summed E-state index contributed by atoms with van der Waals surface area (Å²) in [6.07, 6.45) is 0.550. The molecule has 2 N–H and O–H groups in total. The van der Waals surface area contributed by atoms with Gasteiger partial charge in [-0.1, -0.05) is 36.7 Å². The van der Waals surface area contributed by atoms with Gasteiger partial charge in [-0.05, 0) is 18.2 Å². The Bertz CT molecular complexity index is 604. The smallest absolute Gasteiger partial charge is 0.128 e. The Balaban J connectivity index is 2.17. The molecule has 108 valence electrons. The van der Waals surface area contributed by atoms with Gasteiger partial charge in [-0.2, -0.15) is 0 Å². The quantitative estimate of drug-likeness (QED) is 0.873. The summed E-state index contributed by atoms with van der Waals surface area (Å²) in [6.45, 7) is 6.37. The lowest BCUT2D eigenvalue weighted by Gasteiger charge is -2.15. The minimum Gasteiger partial charge on any atom is -0.324 e. The molecule has 1 unspecified atom stereocenters. The molecule has 20 heavy (non-hydrogen) atoms. The predicted octanol–water partition coefficient (Wildman–Crippen LogP) is 4.58. The van der Waals surface area contributed by atoms with Crippen molar-refractivity contribution in [3.05, 3.63) is 50.1 Å². The molecule has 2 rings (SSSR count). The lowest BCUT2D eigenvalue weighted by molar-refractivity contribution is 0.563. The van der Waals surface area contributed by atoms with Crippen LogP contribution in [-0.2, 0) is 11.8 Å². The fourth-order valence-electron chi connectivity index (χ4n) is 1.85. The summed E-state index contributed by atoms with van der Waals surface area (Å²) < 4.78 is 14.6. The number of benzene rings is 1. The monoisotopic (exact) mass is 356 g/mol. The third kappa shape index (κ3) is 3.65. The minimum atomic E-state index is -0.383. The largest absolute Gasteiger partial charge is 0.324 e. The number of thiazole rings is 1. The van der Waals surface area contributed by atoms with Gasteiger partial charge < -0.3 is 5.73 Å². The standard InChI is InChI=1S/C15H18BrFN2S/c1-15(2,3)13-8-20-14(19-13)7-12(18)10-6-9(16)4-5-11(10)17/h4-6,8,12H,7,18H2,1-3H3. The van der Waals surface area contributed by atoms with Crippen LogP contribution >= 0.6 is 27.3 Å². The fourth-order valence-corrected chi connectivity index (χ4v) is 3.31. The zero-order valence-corrected chi connectivity index (χ0v) is 14.2. The Morgan fingerprint density at radius 3 is 2.70 bits per heavy atom. The van der Waals surface area contributed by atoms with E-state index >= 15 is 0 Å². The fraction of sp³-hybridized carbons (Fsp3) is 0.400. The van der Waals surface area contributed by atoms with Gasteiger partial charge in [-0.15, -0.1) is 11.3 Å². The van der Waals surface area contributed by atoms with Crippen molar-refractivity contribution < 1.29 is 4.39 Å². The molecule has 0 fully saturated rings. The van der Waals surface area contributed by atoms with E-state index in [1.807, 2.05) is 0 Å². The first-order valence-corrected chi connectivity index (χ1v) is 8.10. The maximum Gasteiger partial charge on any atom is 0.128 e. The Kier molecular flexibility index (Phi) is 4.62. The molecule has 1 aromatic carbocycles. The number of hydrogen-bond acceptors (Lipinski definition) is 3. The molecule has 1 aromatic heterocycles. The van der Waals surface area contributed by atoms with Crippen molar-refractivity contribution in [1.82, 2.24) is 4.98 Å². The first-order valence-electron chi connectivity index (χ1n) is 6.43. The second kappa shape index (κ2) is 5.92. The molecule has 0 aliphatic heterocycles. The molecule has 0 saturated carbocycles. The molecular weight excluding hydrogens is 339 g/mol. The summed E-state index contributed by atoms with van der Waals surface area (Å²) in [7, 11) is 0. The maximum atomic E-state index is 13.8. The van der Waals surface area contributed by atoms with Crippen molar-refractivity contribution in [3.63, 3.8) is 0 Å². The van der Waals surface area contributed by atoms with Gasteiger partial charge >= 0.3 is 0 Å². The second-order valence-corrected chi connectivity index (χ2v) is 7.71. The average molecular weight is 357 g/mol. The van der Waals surface area contributed by atoms with Crippen molar-refractivity contribution >= 4 is 27.3 Å². The first kappa shape index (κ1) is 15.6. The van der Waals surface area contributed by atoms with E-state index < -0.39 is 0 Å². The first-order chi connectivity index (χ1) is 9.27. The van der Waals surface area contributed by atoms with Crippen molar-refractivity contribution in [2.75, 3.05) is 0 Å². The summed E-state index contributed by atoms with van der Waals surface area (Å²) in [4.78, 5) is 4.60. The summed E-state index contributed by atoms with van der Waals surface area (Å²) >= 11 is 4.93. The molecular formula is C15H18BrFN2S. The molecule has 0 bridgehead atoms. The van der Waals surface area contributed by atoms with Gasteiger partial charge in [0, 0.05) is 33.3 Å². The zero-order valence-electron chi connectivity index (χ0n) is 11.8. The predicted molar refractivity (Wildman–Crippen MR) is 85.5 cm³/mol. The Labute approximate surface area is 131 Å². The number of aromatic nitrogens is 1. The SMILES string of the molecule is CC(C)(C)c1csc(CC(N)c2cc(Br)ccc2F)n1. The number of nitrogens with zero attached hydrogens (tertiary/aromatic N) is 1. The van der Waals surface area contributed by atoms with Crippen LogP contribution in [0.3, 0.4) is 0 Å². The van der Waals surface area contributed by atoms with Crippen LogP contribution in [0.4, 0.5) is 4.39 Å². The summed E-state index contributed by atoms with van der Waals surface area (Å²) in [5, 5.41) is 3.00. The number of hydrogen-bond donors (Lipinski definition) is 1. The topological polar surface area (TPSA) is 38.9 Å². The van der Waals surface area contributed by atoms with Gasteiger partial charge in [0.2, 0.25) is 0 Å². The van der Waals surface area contributed by atoms with E-state index in [4.69, 9.17) is 5.73 Å². The highest BCUT2D eigenvalue weighted by atomic mass is 79.9. The van der Waals surface area contributed by atoms with Gasteiger partial charge in [0.25, 0.3) is 0 Å². The van der Waals surface area contributed by atoms with Gasteiger partial charge in [-0.25, -0.2) is 9.37 Å². The highest BCUT2D eigenvalue weighted by molar-refractivity contribution is 9.10. The van der Waals surface area contributed by atoms with E-state index in [1.165, 1.54) is 6.07 Å². The zero-order chi connectivity index (χ0) is 14.9. The maximum absolute atomic E-state index is 13.8. The number of nitrogens with two attached hydrogens (primary N) is 1. The van der Waals surface area contributed by atoms with Crippen molar-refractivity contribution in [1.29, 1.82) is 0 Å². The molecule has 0 amide bonds. The van der Waals surface area contributed by atoms with Crippen molar-refractivity contribution in [3.8, 4) is 0 Å². The summed E-state index contributed by atoms with van der Waals surface area (Å²) in [5.41, 5.74) is 7.72. The van der Waals surface area contributed by atoms with Gasteiger partial charge in [0.15, 0.2) is 0 Å². The number of rotatable bonds is 3. The molecule has 1 heterocycles. The third-order valence-electron chi connectivity index (χ3n) is 3.07. The lowest BCUT2D eigenvalue weighted by atomic mass is 9.93. The third-order valence-corrected chi connectivity index (χ3v) is 4.44. The average Bonchev–Trinajstić information content (AvgIpc) is 2.80. The van der Waals surface area contributed by atoms with E-state index in [9.17, 15) is 4.39 Å². The normalized spacial score (nSPS) is 13.5. The van der Waals surface area contributed by atoms with E-state index in [0.29, 0.717) is 12.0 Å².